The molecule has 31 heavy (non-hydrogen) atoms. The van der Waals surface area contributed by atoms with Crippen molar-refractivity contribution in [2.24, 2.45) is 7.05 Å². The van der Waals surface area contributed by atoms with Crippen LogP contribution in [0.4, 0.5) is 0 Å². The van der Waals surface area contributed by atoms with Crippen molar-refractivity contribution in [1.82, 2.24) is 0 Å². The Bertz CT molecular complexity index is 1220. The van der Waals surface area contributed by atoms with E-state index in [1.165, 1.54) is 22.3 Å². The quantitative estimate of drug-likeness (QED) is 0.436. The third kappa shape index (κ3) is 4.29. The second-order valence-electron chi connectivity index (χ2n) is 7.61. The van der Waals surface area contributed by atoms with E-state index in [1.807, 2.05) is 25.4 Å². The van der Waals surface area contributed by atoms with Gasteiger partial charge in [-0.2, -0.15) is 9.13 Å². The molecule has 0 aliphatic heterocycles. The van der Waals surface area contributed by atoms with Gasteiger partial charge in [0.25, 0.3) is 11.4 Å². The van der Waals surface area contributed by atoms with Crippen molar-refractivity contribution >= 4 is 0 Å². The average Bonchev–Trinajstić information content (AvgIpc) is 2.81. The van der Waals surface area contributed by atoms with Gasteiger partial charge in [-0.25, -0.2) is 0 Å². The van der Waals surface area contributed by atoms with Gasteiger partial charge >= 0.3 is 0 Å². The maximum atomic E-state index is 5.53. The number of aryl methyl sites for hydroxylation is 2. The molecule has 2 heterocycles. The van der Waals surface area contributed by atoms with Crippen LogP contribution in [0, 0.1) is 6.92 Å². The van der Waals surface area contributed by atoms with Gasteiger partial charge in [-0.3, -0.25) is 0 Å². The van der Waals surface area contributed by atoms with E-state index in [1.54, 1.807) is 14.2 Å². The fourth-order valence-corrected chi connectivity index (χ4v) is 3.91. The Balaban J connectivity index is 1.84. The smallest absolute Gasteiger partial charge is 0.281 e. The van der Waals surface area contributed by atoms with Crippen molar-refractivity contribution in [2.75, 3.05) is 14.2 Å². The highest BCUT2D eigenvalue weighted by Gasteiger charge is 2.24. The molecule has 2 aromatic carbocycles. The van der Waals surface area contributed by atoms with Gasteiger partial charge in [-0.05, 0) is 23.6 Å². The van der Waals surface area contributed by atoms with E-state index in [0.717, 1.165) is 29.4 Å². The molecule has 0 unspecified atom stereocenters. The molecule has 0 aliphatic rings. The van der Waals surface area contributed by atoms with E-state index in [0.29, 0.717) is 0 Å². The molecule has 0 radical (unpaired) electrons. The molecular weight excluding hydrogens is 384 g/mol. The van der Waals surface area contributed by atoms with E-state index in [2.05, 4.69) is 82.9 Å². The number of hydrogen-bond donors (Lipinski definition) is 0. The van der Waals surface area contributed by atoms with Crippen LogP contribution in [-0.4, -0.2) is 14.2 Å². The first-order valence-corrected chi connectivity index (χ1v) is 10.4. The molecule has 2 aromatic heterocycles. The average molecular weight is 413 g/mol. The van der Waals surface area contributed by atoms with Crippen LogP contribution in [0.25, 0.3) is 22.5 Å². The highest BCUT2D eigenvalue weighted by atomic mass is 16.5. The van der Waals surface area contributed by atoms with Crippen LogP contribution < -0.4 is 18.6 Å². The summed E-state index contributed by atoms with van der Waals surface area (Å²) in [5.74, 6) is 1.64. The molecule has 4 heteroatoms. The number of pyridine rings is 2. The van der Waals surface area contributed by atoms with Gasteiger partial charge in [0.05, 0.1) is 26.4 Å². The minimum Gasteiger partial charge on any atom is -0.496 e. The predicted octanol–water partition coefficient (Wildman–Crippen LogP) is 4.51. The molecule has 0 amide bonds. The lowest BCUT2D eigenvalue weighted by Crippen LogP contribution is -2.41. The number of ether oxygens (including phenoxy) is 2. The zero-order valence-corrected chi connectivity index (χ0v) is 18.5. The molecule has 156 valence electrons. The standard InChI is InChI=1S/C27H28N2O2/c1-20-9-5-7-11-24(20)25-12-8-6-10-21(25)19-29-16-14-23(31-4)18-27(29)26-17-22(30-3)13-15-28(26)2/h5-18H,19H2,1-4H3/q+2. The third-order valence-electron chi connectivity index (χ3n) is 5.66. The maximum absolute atomic E-state index is 5.53. The fraction of sp³-hybridized carbons (Fsp3) is 0.185. The number of benzene rings is 2. The Morgan fingerprint density at radius 3 is 2.03 bits per heavy atom. The summed E-state index contributed by atoms with van der Waals surface area (Å²) in [6.07, 6.45) is 4.10. The lowest BCUT2D eigenvalue weighted by atomic mass is 9.96. The molecule has 0 atom stereocenters. The minimum absolute atomic E-state index is 0.737. The first-order chi connectivity index (χ1) is 15.1. The molecule has 0 fully saturated rings. The Labute approximate surface area is 184 Å². The summed E-state index contributed by atoms with van der Waals surface area (Å²) in [7, 11) is 5.43. The first kappa shape index (κ1) is 20.6. The van der Waals surface area contributed by atoms with E-state index in [-0.39, 0.29) is 0 Å². The zero-order valence-electron chi connectivity index (χ0n) is 18.5. The maximum Gasteiger partial charge on any atom is 0.281 e. The molecule has 0 N–H and O–H groups in total. The van der Waals surface area contributed by atoms with Gasteiger partial charge in [0.1, 0.15) is 18.5 Å². The fourth-order valence-electron chi connectivity index (χ4n) is 3.91. The Morgan fingerprint density at radius 2 is 1.32 bits per heavy atom. The second-order valence-corrected chi connectivity index (χ2v) is 7.61. The van der Waals surface area contributed by atoms with E-state index in [4.69, 9.17) is 9.47 Å². The summed E-state index contributed by atoms with van der Waals surface area (Å²) in [6.45, 7) is 2.90. The monoisotopic (exact) mass is 412 g/mol. The summed E-state index contributed by atoms with van der Waals surface area (Å²) >= 11 is 0. The van der Waals surface area contributed by atoms with Gasteiger partial charge < -0.3 is 9.47 Å². The molecule has 0 spiro atoms. The van der Waals surface area contributed by atoms with Crippen molar-refractivity contribution in [2.45, 2.75) is 13.5 Å². The lowest BCUT2D eigenvalue weighted by Gasteiger charge is -2.12. The number of aromatic nitrogens is 2. The van der Waals surface area contributed by atoms with Crippen molar-refractivity contribution in [3.63, 3.8) is 0 Å². The highest BCUT2D eigenvalue weighted by Crippen LogP contribution is 2.27. The Hall–Kier alpha value is -3.66. The largest absolute Gasteiger partial charge is 0.496 e. The van der Waals surface area contributed by atoms with Gasteiger partial charge in [0, 0.05) is 17.7 Å². The topological polar surface area (TPSA) is 26.2 Å². The van der Waals surface area contributed by atoms with Crippen molar-refractivity contribution in [1.29, 1.82) is 0 Å². The summed E-state index contributed by atoms with van der Waals surface area (Å²) in [5, 5.41) is 0. The number of hydrogen-bond acceptors (Lipinski definition) is 2. The second kappa shape index (κ2) is 9.00. The van der Waals surface area contributed by atoms with Crippen molar-refractivity contribution < 1.29 is 18.6 Å². The molecule has 0 saturated carbocycles. The molecule has 4 nitrogen and oxygen atoms in total. The first-order valence-electron chi connectivity index (χ1n) is 10.4. The third-order valence-corrected chi connectivity index (χ3v) is 5.66. The molecule has 4 rings (SSSR count). The van der Waals surface area contributed by atoms with Gasteiger partial charge in [0.2, 0.25) is 0 Å². The van der Waals surface area contributed by atoms with Crippen LogP contribution in [-0.2, 0) is 13.6 Å². The van der Waals surface area contributed by atoms with Crippen LogP contribution in [0.15, 0.2) is 85.2 Å². The molecule has 0 aliphatic carbocycles. The van der Waals surface area contributed by atoms with Crippen LogP contribution in [0.1, 0.15) is 11.1 Å². The van der Waals surface area contributed by atoms with Gasteiger partial charge in [-0.15, -0.1) is 0 Å². The minimum atomic E-state index is 0.737. The van der Waals surface area contributed by atoms with E-state index < -0.39 is 0 Å². The lowest BCUT2D eigenvalue weighted by molar-refractivity contribution is -0.699. The van der Waals surface area contributed by atoms with Crippen LogP contribution >= 0.6 is 0 Å². The number of nitrogens with zero attached hydrogens (tertiary/aromatic N) is 2. The zero-order chi connectivity index (χ0) is 21.8. The van der Waals surface area contributed by atoms with E-state index in [9.17, 15) is 0 Å². The molecule has 0 bridgehead atoms. The van der Waals surface area contributed by atoms with Gasteiger partial charge in [-0.1, -0.05) is 48.5 Å². The molecule has 0 saturated heterocycles. The number of methoxy groups -OCH3 is 2. The van der Waals surface area contributed by atoms with Crippen LogP contribution in [0.5, 0.6) is 11.5 Å². The van der Waals surface area contributed by atoms with Gasteiger partial charge in [0.15, 0.2) is 18.9 Å². The van der Waals surface area contributed by atoms with Crippen LogP contribution in [0.3, 0.4) is 0 Å². The summed E-state index contributed by atoms with van der Waals surface area (Å²) in [4.78, 5) is 0. The van der Waals surface area contributed by atoms with Crippen LogP contribution in [0.2, 0.25) is 0 Å². The number of rotatable bonds is 6. The van der Waals surface area contributed by atoms with Crippen molar-refractivity contribution in [3.05, 3.63) is 96.3 Å². The van der Waals surface area contributed by atoms with Crippen molar-refractivity contribution in [3.8, 4) is 34.0 Å². The Kier molecular flexibility index (Phi) is 5.99. The summed E-state index contributed by atoms with van der Waals surface area (Å²) in [6, 6.07) is 25.2. The predicted molar refractivity (Wildman–Crippen MR) is 122 cm³/mol. The summed E-state index contributed by atoms with van der Waals surface area (Å²) < 4.78 is 15.4. The van der Waals surface area contributed by atoms with E-state index >= 15 is 0 Å². The Morgan fingerprint density at radius 1 is 0.710 bits per heavy atom. The molecular formula is C27H28N2O2+2. The SMILES string of the molecule is COc1cc[n+](C)c(-c2cc(OC)cc[n+]2Cc2ccccc2-c2ccccc2C)c1. The molecule has 4 aromatic rings. The summed E-state index contributed by atoms with van der Waals surface area (Å²) in [5.41, 5.74) is 7.16. The normalized spacial score (nSPS) is 10.7. The highest BCUT2D eigenvalue weighted by molar-refractivity contribution is 5.70.